The van der Waals surface area contributed by atoms with Gasteiger partial charge in [0.2, 0.25) is 0 Å². The van der Waals surface area contributed by atoms with E-state index in [1.54, 1.807) is 13.2 Å². The van der Waals surface area contributed by atoms with Crippen LogP contribution in [0.25, 0.3) is 0 Å². The van der Waals surface area contributed by atoms with E-state index in [1.807, 2.05) is 37.3 Å². The molecule has 0 saturated carbocycles. The van der Waals surface area contributed by atoms with E-state index in [0.717, 1.165) is 22.4 Å². The van der Waals surface area contributed by atoms with Gasteiger partial charge in [-0.25, -0.2) is 0 Å². The lowest BCUT2D eigenvalue weighted by atomic mass is 9.95. The van der Waals surface area contributed by atoms with Gasteiger partial charge in [-0.05, 0) is 48.4 Å². The van der Waals surface area contributed by atoms with E-state index >= 15 is 0 Å². The van der Waals surface area contributed by atoms with E-state index in [2.05, 4.69) is 0 Å². The van der Waals surface area contributed by atoms with E-state index in [-0.39, 0.29) is 6.04 Å². The SMILES string of the molecule is COc1ccc(Cl)cc1C(N)c1cc(Cl)ccc1C. The Morgan fingerprint density at radius 3 is 2.21 bits per heavy atom. The van der Waals surface area contributed by atoms with Gasteiger partial charge in [0.1, 0.15) is 5.75 Å². The number of benzene rings is 2. The summed E-state index contributed by atoms with van der Waals surface area (Å²) in [6.45, 7) is 2.00. The zero-order valence-corrected chi connectivity index (χ0v) is 12.3. The van der Waals surface area contributed by atoms with E-state index in [1.165, 1.54) is 0 Å². The minimum atomic E-state index is -0.327. The molecule has 0 saturated heterocycles. The molecule has 2 rings (SSSR count). The van der Waals surface area contributed by atoms with Crippen LogP contribution in [0.4, 0.5) is 0 Å². The Morgan fingerprint density at radius 2 is 1.58 bits per heavy atom. The molecule has 2 aromatic rings. The molecule has 100 valence electrons. The second-order valence-electron chi connectivity index (χ2n) is 4.36. The fraction of sp³-hybridized carbons (Fsp3) is 0.200. The summed E-state index contributed by atoms with van der Waals surface area (Å²) in [5.74, 6) is 0.719. The number of methoxy groups -OCH3 is 1. The Bertz CT molecular complexity index is 599. The van der Waals surface area contributed by atoms with Crippen molar-refractivity contribution in [1.82, 2.24) is 0 Å². The van der Waals surface area contributed by atoms with Crippen molar-refractivity contribution in [3.8, 4) is 5.75 Å². The molecule has 2 N–H and O–H groups in total. The topological polar surface area (TPSA) is 35.2 Å². The molecule has 1 unspecified atom stereocenters. The van der Waals surface area contributed by atoms with Crippen molar-refractivity contribution in [3.05, 3.63) is 63.1 Å². The highest BCUT2D eigenvalue weighted by molar-refractivity contribution is 6.31. The minimum absolute atomic E-state index is 0.327. The van der Waals surface area contributed by atoms with Crippen LogP contribution in [0, 0.1) is 6.92 Å². The van der Waals surface area contributed by atoms with Crippen LogP contribution in [-0.4, -0.2) is 7.11 Å². The molecule has 19 heavy (non-hydrogen) atoms. The lowest BCUT2D eigenvalue weighted by Gasteiger charge is -2.18. The van der Waals surface area contributed by atoms with E-state index < -0.39 is 0 Å². The normalized spacial score (nSPS) is 12.3. The molecule has 0 fully saturated rings. The molecule has 0 amide bonds. The first kappa shape index (κ1) is 14.2. The molecule has 0 bridgehead atoms. The number of aryl methyl sites for hydroxylation is 1. The number of ether oxygens (including phenoxy) is 1. The molecule has 4 heteroatoms. The second-order valence-corrected chi connectivity index (χ2v) is 5.24. The van der Waals surface area contributed by atoms with Gasteiger partial charge in [0.05, 0.1) is 13.2 Å². The van der Waals surface area contributed by atoms with Crippen molar-refractivity contribution in [2.75, 3.05) is 7.11 Å². The third-order valence-corrected chi connectivity index (χ3v) is 3.57. The summed E-state index contributed by atoms with van der Waals surface area (Å²) < 4.78 is 5.34. The number of hydrogen-bond acceptors (Lipinski definition) is 2. The molecule has 2 nitrogen and oxygen atoms in total. The van der Waals surface area contributed by atoms with E-state index in [9.17, 15) is 0 Å². The summed E-state index contributed by atoms with van der Waals surface area (Å²) in [6.07, 6.45) is 0. The molecule has 2 aromatic carbocycles. The van der Waals surface area contributed by atoms with Crippen molar-refractivity contribution >= 4 is 23.2 Å². The average Bonchev–Trinajstić information content (AvgIpc) is 2.40. The van der Waals surface area contributed by atoms with Crippen LogP contribution in [-0.2, 0) is 0 Å². The third kappa shape index (κ3) is 3.03. The molecular weight excluding hydrogens is 281 g/mol. The van der Waals surface area contributed by atoms with E-state index in [4.69, 9.17) is 33.7 Å². The Hall–Kier alpha value is -1.22. The molecule has 0 heterocycles. The maximum atomic E-state index is 6.33. The smallest absolute Gasteiger partial charge is 0.124 e. The van der Waals surface area contributed by atoms with Crippen molar-refractivity contribution in [3.63, 3.8) is 0 Å². The molecule has 0 radical (unpaired) electrons. The fourth-order valence-corrected chi connectivity index (χ4v) is 2.42. The zero-order chi connectivity index (χ0) is 14.0. The first-order chi connectivity index (χ1) is 9.02. The van der Waals surface area contributed by atoms with Gasteiger partial charge < -0.3 is 10.5 Å². The first-order valence-corrected chi connectivity index (χ1v) is 6.63. The van der Waals surface area contributed by atoms with Crippen molar-refractivity contribution in [1.29, 1.82) is 0 Å². The Kier molecular flexibility index (Phi) is 4.35. The van der Waals surface area contributed by atoms with Crippen LogP contribution in [0.3, 0.4) is 0 Å². The van der Waals surface area contributed by atoms with E-state index in [0.29, 0.717) is 10.0 Å². The van der Waals surface area contributed by atoms with Gasteiger partial charge in [-0.2, -0.15) is 0 Å². The van der Waals surface area contributed by atoms with Gasteiger partial charge in [-0.1, -0.05) is 29.3 Å². The average molecular weight is 296 g/mol. The molecule has 0 aliphatic heterocycles. The molecular formula is C15H15Cl2NO. The first-order valence-electron chi connectivity index (χ1n) is 5.88. The number of hydrogen-bond donors (Lipinski definition) is 1. The molecule has 0 spiro atoms. The summed E-state index contributed by atoms with van der Waals surface area (Å²) in [5.41, 5.74) is 9.23. The molecule has 0 aliphatic carbocycles. The Labute approximate surface area is 123 Å². The summed E-state index contributed by atoms with van der Waals surface area (Å²) in [7, 11) is 1.62. The van der Waals surface area contributed by atoms with Crippen LogP contribution in [0.2, 0.25) is 10.0 Å². The highest BCUT2D eigenvalue weighted by Gasteiger charge is 2.16. The number of halogens is 2. The lowest BCUT2D eigenvalue weighted by Crippen LogP contribution is -2.14. The standard InChI is InChI=1S/C15H15Cl2NO/c1-9-3-4-10(16)7-12(9)15(18)13-8-11(17)5-6-14(13)19-2/h3-8,15H,18H2,1-2H3. The van der Waals surface area contributed by atoms with Crippen LogP contribution in [0.15, 0.2) is 36.4 Å². The maximum absolute atomic E-state index is 6.33. The Balaban J connectivity index is 2.51. The highest BCUT2D eigenvalue weighted by atomic mass is 35.5. The highest BCUT2D eigenvalue weighted by Crippen LogP contribution is 2.33. The van der Waals surface area contributed by atoms with Crippen LogP contribution in [0.5, 0.6) is 5.75 Å². The van der Waals surface area contributed by atoms with Gasteiger partial charge >= 0.3 is 0 Å². The molecule has 0 aliphatic rings. The fourth-order valence-electron chi connectivity index (χ4n) is 2.06. The predicted molar refractivity (Wildman–Crippen MR) is 80.2 cm³/mol. The Morgan fingerprint density at radius 1 is 1.00 bits per heavy atom. The largest absolute Gasteiger partial charge is 0.496 e. The third-order valence-electron chi connectivity index (χ3n) is 3.10. The summed E-state index contributed by atoms with van der Waals surface area (Å²) in [6, 6.07) is 10.8. The molecule has 0 aromatic heterocycles. The minimum Gasteiger partial charge on any atom is -0.496 e. The van der Waals surface area contributed by atoms with Gasteiger partial charge in [-0.15, -0.1) is 0 Å². The predicted octanol–water partition coefficient (Wildman–Crippen LogP) is 4.36. The van der Waals surface area contributed by atoms with Gasteiger partial charge in [0.15, 0.2) is 0 Å². The van der Waals surface area contributed by atoms with Gasteiger partial charge in [-0.3, -0.25) is 0 Å². The maximum Gasteiger partial charge on any atom is 0.124 e. The van der Waals surface area contributed by atoms with Crippen LogP contribution in [0.1, 0.15) is 22.7 Å². The molecule has 1 atom stereocenters. The summed E-state index contributed by atoms with van der Waals surface area (Å²) >= 11 is 12.1. The monoisotopic (exact) mass is 295 g/mol. The number of rotatable bonds is 3. The quantitative estimate of drug-likeness (QED) is 0.913. The number of nitrogens with two attached hydrogens (primary N) is 1. The van der Waals surface area contributed by atoms with Crippen LogP contribution >= 0.6 is 23.2 Å². The van der Waals surface area contributed by atoms with Gasteiger partial charge in [0.25, 0.3) is 0 Å². The zero-order valence-electron chi connectivity index (χ0n) is 10.8. The van der Waals surface area contributed by atoms with Crippen LogP contribution < -0.4 is 10.5 Å². The lowest BCUT2D eigenvalue weighted by molar-refractivity contribution is 0.408. The van der Waals surface area contributed by atoms with Gasteiger partial charge in [0, 0.05) is 15.6 Å². The van der Waals surface area contributed by atoms with Crippen molar-refractivity contribution in [2.24, 2.45) is 5.73 Å². The summed E-state index contributed by atoms with van der Waals surface area (Å²) in [4.78, 5) is 0. The van der Waals surface area contributed by atoms with Crippen molar-refractivity contribution in [2.45, 2.75) is 13.0 Å². The second kappa shape index (κ2) is 5.83. The van der Waals surface area contributed by atoms with Crippen molar-refractivity contribution < 1.29 is 4.74 Å². The summed E-state index contributed by atoms with van der Waals surface area (Å²) in [5, 5.41) is 1.29.